The summed E-state index contributed by atoms with van der Waals surface area (Å²) < 4.78 is 5.26. The molecule has 0 radical (unpaired) electrons. The van der Waals surface area contributed by atoms with Gasteiger partial charge in [-0.2, -0.15) is 0 Å². The fourth-order valence-electron chi connectivity index (χ4n) is 2.06. The predicted molar refractivity (Wildman–Crippen MR) is 78.3 cm³/mol. The molecule has 0 aromatic carbocycles. The third-order valence-corrected chi connectivity index (χ3v) is 4.07. The van der Waals surface area contributed by atoms with Crippen LogP contribution < -0.4 is 10.2 Å². The summed E-state index contributed by atoms with van der Waals surface area (Å²) in [5.41, 5.74) is 0. The third-order valence-electron chi connectivity index (χ3n) is 3.18. The van der Waals surface area contributed by atoms with E-state index in [4.69, 9.17) is 4.74 Å². The first-order valence-corrected chi connectivity index (χ1v) is 7.58. The topological polar surface area (TPSA) is 61.9 Å². The Hall–Kier alpha value is -1.76. The number of thiophene rings is 1. The summed E-state index contributed by atoms with van der Waals surface area (Å²) >= 11 is 1.49. The van der Waals surface area contributed by atoms with E-state index in [0.717, 1.165) is 5.00 Å². The lowest BCUT2D eigenvalue weighted by Gasteiger charge is -2.20. The number of ether oxygens (including phenoxy) is 1. The Morgan fingerprint density at radius 1 is 1.55 bits per heavy atom. The Kier molecular flexibility index (Phi) is 4.84. The molecule has 2 rings (SSSR count). The second-order valence-corrected chi connectivity index (χ2v) is 5.35. The highest BCUT2D eigenvalue weighted by molar-refractivity contribution is 7.14. The van der Waals surface area contributed by atoms with Crippen LogP contribution in [0.15, 0.2) is 17.5 Å². The van der Waals surface area contributed by atoms with Crippen LogP contribution in [0, 0.1) is 0 Å². The number of anilines is 1. The molecule has 0 saturated carbocycles. The predicted octanol–water partition coefficient (Wildman–Crippen LogP) is 2.12. The van der Waals surface area contributed by atoms with Gasteiger partial charge in [0, 0.05) is 13.1 Å². The zero-order valence-corrected chi connectivity index (χ0v) is 12.5. The molecule has 0 spiro atoms. The SMILES string of the molecule is CCN(CC)C(=O)NCC1CN(c2cccs2)C(=O)O1. The molecule has 3 amide bonds. The summed E-state index contributed by atoms with van der Waals surface area (Å²) in [6, 6.07) is 3.64. The van der Waals surface area contributed by atoms with Gasteiger partial charge in [-0.1, -0.05) is 0 Å². The molecule has 1 N–H and O–H groups in total. The molecule has 1 aromatic heterocycles. The molecule has 1 saturated heterocycles. The van der Waals surface area contributed by atoms with E-state index in [0.29, 0.717) is 26.2 Å². The van der Waals surface area contributed by atoms with Crippen LogP contribution in [-0.2, 0) is 4.74 Å². The van der Waals surface area contributed by atoms with Crippen molar-refractivity contribution in [2.45, 2.75) is 20.0 Å². The number of hydrogen-bond acceptors (Lipinski definition) is 4. The van der Waals surface area contributed by atoms with Gasteiger partial charge in [0.15, 0.2) is 0 Å². The molecule has 1 aliphatic heterocycles. The van der Waals surface area contributed by atoms with Crippen molar-refractivity contribution in [1.82, 2.24) is 10.2 Å². The van der Waals surface area contributed by atoms with Crippen LogP contribution >= 0.6 is 11.3 Å². The number of urea groups is 1. The first kappa shape index (κ1) is 14.6. The van der Waals surface area contributed by atoms with Crippen LogP contribution in [0.25, 0.3) is 0 Å². The van der Waals surface area contributed by atoms with E-state index in [1.54, 1.807) is 9.80 Å². The van der Waals surface area contributed by atoms with Crippen molar-refractivity contribution in [3.63, 3.8) is 0 Å². The quantitative estimate of drug-likeness (QED) is 0.905. The second-order valence-electron chi connectivity index (χ2n) is 4.43. The fraction of sp³-hybridized carbons (Fsp3) is 0.538. The van der Waals surface area contributed by atoms with Crippen LogP contribution in [0.4, 0.5) is 14.6 Å². The lowest BCUT2D eigenvalue weighted by Crippen LogP contribution is -2.43. The van der Waals surface area contributed by atoms with Crippen LogP contribution in [0.5, 0.6) is 0 Å². The maximum Gasteiger partial charge on any atom is 0.415 e. The van der Waals surface area contributed by atoms with Gasteiger partial charge < -0.3 is 15.0 Å². The molecule has 1 atom stereocenters. The van der Waals surface area contributed by atoms with Crippen LogP contribution in [0.2, 0.25) is 0 Å². The Bertz CT molecular complexity index is 459. The molecule has 1 aliphatic rings. The highest BCUT2D eigenvalue weighted by Gasteiger charge is 2.33. The van der Waals surface area contributed by atoms with Crippen LogP contribution in [-0.4, -0.2) is 49.3 Å². The zero-order valence-electron chi connectivity index (χ0n) is 11.7. The van der Waals surface area contributed by atoms with Gasteiger partial charge >= 0.3 is 12.1 Å². The van der Waals surface area contributed by atoms with E-state index in [1.807, 2.05) is 31.4 Å². The van der Waals surface area contributed by atoms with Crippen molar-refractivity contribution in [2.24, 2.45) is 0 Å². The Morgan fingerprint density at radius 3 is 2.90 bits per heavy atom. The highest BCUT2D eigenvalue weighted by Crippen LogP contribution is 2.25. The van der Waals surface area contributed by atoms with Gasteiger partial charge in [-0.25, -0.2) is 9.59 Å². The van der Waals surface area contributed by atoms with Crippen molar-refractivity contribution in [2.75, 3.05) is 31.1 Å². The monoisotopic (exact) mass is 297 g/mol. The van der Waals surface area contributed by atoms with Gasteiger partial charge in [0.1, 0.15) is 11.1 Å². The molecule has 1 fully saturated rings. The van der Waals surface area contributed by atoms with Crippen molar-refractivity contribution in [1.29, 1.82) is 0 Å². The van der Waals surface area contributed by atoms with Gasteiger partial charge in [-0.15, -0.1) is 11.3 Å². The van der Waals surface area contributed by atoms with Crippen molar-refractivity contribution >= 4 is 28.5 Å². The average molecular weight is 297 g/mol. The Morgan fingerprint density at radius 2 is 2.30 bits per heavy atom. The van der Waals surface area contributed by atoms with E-state index in [1.165, 1.54) is 11.3 Å². The van der Waals surface area contributed by atoms with Crippen molar-refractivity contribution < 1.29 is 14.3 Å². The number of nitrogens with zero attached hydrogens (tertiary/aromatic N) is 2. The number of rotatable bonds is 5. The van der Waals surface area contributed by atoms with E-state index in [-0.39, 0.29) is 18.2 Å². The Labute approximate surface area is 122 Å². The van der Waals surface area contributed by atoms with Crippen molar-refractivity contribution in [3.8, 4) is 0 Å². The number of amides is 3. The lowest BCUT2D eigenvalue weighted by atomic mass is 10.3. The van der Waals surface area contributed by atoms with Gasteiger partial charge in [-0.3, -0.25) is 4.90 Å². The average Bonchev–Trinajstić information content (AvgIpc) is 3.07. The molecule has 0 bridgehead atoms. The molecular formula is C13H19N3O3S. The zero-order chi connectivity index (χ0) is 14.5. The number of hydrogen-bond donors (Lipinski definition) is 1. The molecular weight excluding hydrogens is 278 g/mol. The van der Waals surface area contributed by atoms with Gasteiger partial charge in [0.2, 0.25) is 0 Å². The molecule has 1 aromatic rings. The lowest BCUT2D eigenvalue weighted by molar-refractivity contribution is 0.138. The largest absolute Gasteiger partial charge is 0.442 e. The summed E-state index contributed by atoms with van der Waals surface area (Å²) in [5, 5.41) is 5.58. The molecule has 2 heterocycles. The summed E-state index contributed by atoms with van der Waals surface area (Å²) in [5.74, 6) is 0. The van der Waals surface area contributed by atoms with E-state index in [9.17, 15) is 9.59 Å². The number of cyclic esters (lactones) is 1. The van der Waals surface area contributed by atoms with Crippen LogP contribution in [0.1, 0.15) is 13.8 Å². The molecule has 7 heteroatoms. The summed E-state index contributed by atoms with van der Waals surface area (Å²) in [4.78, 5) is 26.9. The minimum Gasteiger partial charge on any atom is -0.442 e. The molecule has 0 aliphatic carbocycles. The highest BCUT2D eigenvalue weighted by atomic mass is 32.1. The normalized spacial score (nSPS) is 18.0. The third kappa shape index (κ3) is 3.22. The van der Waals surface area contributed by atoms with Crippen molar-refractivity contribution in [3.05, 3.63) is 17.5 Å². The number of carbonyl (C=O) groups is 2. The van der Waals surface area contributed by atoms with Gasteiger partial charge in [0.25, 0.3) is 0 Å². The van der Waals surface area contributed by atoms with E-state index < -0.39 is 0 Å². The second kappa shape index (κ2) is 6.60. The Balaban J connectivity index is 1.84. The molecule has 6 nitrogen and oxygen atoms in total. The first-order chi connectivity index (χ1) is 9.65. The molecule has 1 unspecified atom stereocenters. The molecule has 110 valence electrons. The maximum absolute atomic E-state index is 11.8. The minimum absolute atomic E-state index is 0.124. The number of nitrogens with one attached hydrogen (secondary N) is 1. The van der Waals surface area contributed by atoms with Gasteiger partial charge in [0.05, 0.1) is 13.1 Å². The first-order valence-electron chi connectivity index (χ1n) is 6.70. The smallest absolute Gasteiger partial charge is 0.415 e. The summed E-state index contributed by atoms with van der Waals surface area (Å²) in [6.07, 6.45) is -0.654. The van der Waals surface area contributed by atoms with Gasteiger partial charge in [-0.05, 0) is 31.4 Å². The van der Waals surface area contributed by atoms with E-state index in [2.05, 4.69) is 5.32 Å². The standard InChI is InChI=1S/C13H19N3O3S/c1-3-15(4-2)12(17)14-8-10-9-16(13(18)19-10)11-6-5-7-20-11/h5-7,10H,3-4,8-9H2,1-2H3,(H,14,17). The van der Waals surface area contributed by atoms with E-state index >= 15 is 0 Å². The minimum atomic E-state index is -0.352. The van der Waals surface area contributed by atoms with Crippen LogP contribution in [0.3, 0.4) is 0 Å². The molecule has 20 heavy (non-hydrogen) atoms. The fourth-order valence-corrected chi connectivity index (χ4v) is 2.79. The summed E-state index contributed by atoms with van der Waals surface area (Å²) in [6.45, 7) is 5.98. The summed E-state index contributed by atoms with van der Waals surface area (Å²) in [7, 11) is 0. The maximum atomic E-state index is 11.8. The number of carbonyl (C=O) groups excluding carboxylic acids is 2.